The van der Waals surface area contributed by atoms with E-state index in [1.54, 1.807) is 0 Å². The number of nitrogens with zero attached hydrogens (tertiary/aromatic N) is 1. The van der Waals surface area contributed by atoms with E-state index in [0.29, 0.717) is 0 Å². The Morgan fingerprint density at radius 1 is 1.24 bits per heavy atom. The smallest absolute Gasteiger partial charge is 0.242 e. The summed E-state index contributed by atoms with van der Waals surface area (Å²) in [5.41, 5.74) is -0.453. The Morgan fingerprint density at radius 2 is 1.82 bits per heavy atom. The Balaban J connectivity index is 4.53. The molecule has 0 aromatic carbocycles. The van der Waals surface area contributed by atoms with Crippen molar-refractivity contribution in [2.45, 2.75) is 72.4 Å². The largest absolute Gasteiger partial charge is 0.339 e. The molecule has 0 spiro atoms. The maximum Gasteiger partial charge on any atom is 0.242 e. The fourth-order valence-electron chi connectivity index (χ4n) is 2.00. The van der Waals surface area contributed by atoms with Crippen molar-refractivity contribution in [3.8, 4) is 0 Å². The third kappa shape index (κ3) is 5.53. The van der Waals surface area contributed by atoms with Crippen molar-refractivity contribution in [1.82, 2.24) is 10.2 Å². The van der Waals surface area contributed by atoms with E-state index < -0.39 is 5.54 Å². The number of nitrogens with one attached hydrogen (secondary N) is 1. The SMILES string of the molecule is CCCCCN(C(=O)C(C)(C)NCC)C(C)C. The first kappa shape index (κ1) is 16.4. The minimum Gasteiger partial charge on any atom is -0.339 e. The highest BCUT2D eigenvalue weighted by molar-refractivity contribution is 5.85. The van der Waals surface area contributed by atoms with Crippen LogP contribution in [0.15, 0.2) is 0 Å². The van der Waals surface area contributed by atoms with E-state index >= 15 is 0 Å². The van der Waals surface area contributed by atoms with Crippen LogP contribution in [0.4, 0.5) is 0 Å². The topological polar surface area (TPSA) is 32.3 Å². The van der Waals surface area contributed by atoms with E-state index in [1.165, 1.54) is 12.8 Å². The standard InChI is InChI=1S/C14H30N2O/c1-7-9-10-11-16(12(3)4)13(17)14(5,6)15-8-2/h12,15H,7-11H2,1-6H3. The molecule has 0 saturated carbocycles. The van der Waals surface area contributed by atoms with Crippen LogP contribution in [-0.2, 0) is 4.79 Å². The van der Waals surface area contributed by atoms with Crippen molar-refractivity contribution in [1.29, 1.82) is 0 Å². The molecular weight excluding hydrogens is 212 g/mol. The lowest BCUT2D eigenvalue weighted by Gasteiger charge is -2.35. The highest BCUT2D eigenvalue weighted by atomic mass is 16.2. The number of carbonyl (C=O) groups is 1. The van der Waals surface area contributed by atoms with E-state index in [1.807, 2.05) is 25.7 Å². The van der Waals surface area contributed by atoms with Crippen LogP contribution in [0.1, 0.15) is 60.8 Å². The zero-order valence-corrected chi connectivity index (χ0v) is 12.5. The fraction of sp³-hybridized carbons (Fsp3) is 0.929. The minimum atomic E-state index is -0.453. The van der Waals surface area contributed by atoms with Crippen molar-refractivity contribution in [2.24, 2.45) is 0 Å². The summed E-state index contributed by atoms with van der Waals surface area (Å²) < 4.78 is 0. The molecule has 0 aliphatic carbocycles. The van der Waals surface area contributed by atoms with Gasteiger partial charge in [-0.25, -0.2) is 0 Å². The Morgan fingerprint density at radius 3 is 2.24 bits per heavy atom. The van der Waals surface area contributed by atoms with Crippen LogP contribution < -0.4 is 5.32 Å². The van der Waals surface area contributed by atoms with Crippen LogP contribution in [0.25, 0.3) is 0 Å². The molecule has 0 bridgehead atoms. The van der Waals surface area contributed by atoms with Crippen molar-refractivity contribution in [3.63, 3.8) is 0 Å². The second-order valence-corrected chi connectivity index (χ2v) is 5.45. The third-order valence-corrected chi connectivity index (χ3v) is 3.04. The molecule has 102 valence electrons. The molecule has 0 aliphatic heterocycles. The number of carbonyl (C=O) groups excluding carboxylic acids is 1. The van der Waals surface area contributed by atoms with E-state index in [9.17, 15) is 4.79 Å². The second-order valence-electron chi connectivity index (χ2n) is 5.45. The van der Waals surface area contributed by atoms with Crippen molar-refractivity contribution >= 4 is 5.91 Å². The maximum absolute atomic E-state index is 12.5. The summed E-state index contributed by atoms with van der Waals surface area (Å²) in [4.78, 5) is 14.5. The van der Waals surface area contributed by atoms with Gasteiger partial charge in [-0.05, 0) is 40.7 Å². The Labute approximate surface area is 107 Å². The molecule has 3 heteroatoms. The maximum atomic E-state index is 12.5. The fourth-order valence-corrected chi connectivity index (χ4v) is 2.00. The van der Waals surface area contributed by atoms with E-state index in [2.05, 4.69) is 26.1 Å². The van der Waals surface area contributed by atoms with Crippen LogP contribution in [0, 0.1) is 0 Å². The molecule has 3 nitrogen and oxygen atoms in total. The zero-order chi connectivity index (χ0) is 13.5. The number of unbranched alkanes of at least 4 members (excludes halogenated alkanes) is 2. The lowest BCUT2D eigenvalue weighted by Crippen LogP contribution is -2.55. The summed E-state index contributed by atoms with van der Waals surface area (Å²) >= 11 is 0. The van der Waals surface area contributed by atoms with Gasteiger partial charge in [0.2, 0.25) is 5.91 Å². The number of amides is 1. The predicted molar refractivity (Wildman–Crippen MR) is 74.1 cm³/mol. The van der Waals surface area contributed by atoms with Gasteiger partial charge in [0.1, 0.15) is 0 Å². The van der Waals surface area contributed by atoms with E-state index in [0.717, 1.165) is 19.5 Å². The molecule has 0 fully saturated rings. The highest BCUT2D eigenvalue weighted by Crippen LogP contribution is 2.12. The molecule has 0 aromatic heterocycles. The summed E-state index contributed by atoms with van der Waals surface area (Å²) in [6, 6.07) is 0.275. The van der Waals surface area contributed by atoms with Gasteiger partial charge in [0.25, 0.3) is 0 Å². The summed E-state index contributed by atoms with van der Waals surface area (Å²) in [6.07, 6.45) is 3.48. The molecule has 0 aliphatic rings. The molecule has 0 unspecified atom stereocenters. The van der Waals surface area contributed by atoms with Gasteiger partial charge < -0.3 is 10.2 Å². The van der Waals surface area contributed by atoms with Gasteiger partial charge in [-0.1, -0.05) is 26.7 Å². The first-order chi connectivity index (χ1) is 7.86. The van der Waals surface area contributed by atoms with Crippen LogP contribution >= 0.6 is 0 Å². The molecule has 17 heavy (non-hydrogen) atoms. The highest BCUT2D eigenvalue weighted by Gasteiger charge is 2.31. The van der Waals surface area contributed by atoms with Crippen LogP contribution in [0.2, 0.25) is 0 Å². The van der Waals surface area contributed by atoms with Gasteiger partial charge in [0, 0.05) is 12.6 Å². The van der Waals surface area contributed by atoms with E-state index in [4.69, 9.17) is 0 Å². The van der Waals surface area contributed by atoms with Gasteiger partial charge in [-0.3, -0.25) is 4.79 Å². The molecule has 0 saturated heterocycles. The number of hydrogen-bond donors (Lipinski definition) is 1. The van der Waals surface area contributed by atoms with Gasteiger partial charge in [-0.2, -0.15) is 0 Å². The normalized spacial score (nSPS) is 11.9. The molecular formula is C14H30N2O. The van der Waals surface area contributed by atoms with Crippen LogP contribution in [0.3, 0.4) is 0 Å². The molecule has 0 radical (unpaired) electrons. The Bertz CT molecular complexity index is 224. The number of hydrogen-bond acceptors (Lipinski definition) is 2. The molecule has 0 heterocycles. The Hall–Kier alpha value is -0.570. The summed E-state index contributed by atoms with van der Waals surface area (Å²) in [5, 5.41) is 3.26. The minimum absolute atomic E-state index is 0.213. The predicted octanol–water partition coefficient (Wildman–Crippen LogP) is 2.80. The summed E-state index contributed by atoms with van der Waals surface area (Å²) in [5.74, 6) is 0.213. The van der Waals surface area contributed by atoms with Crippen molar-refractivity contribution in [2.75, 3.05) is 13.1 Å². The zero-order valence-electron chi connectivity index (χ0n) is 12.5. The van der Waals surface area contributed by atoms with E-state index in [-0.39, 0.29) is 11.9 Å². The molecule has 0 aromatic rings. The average Bonchev–Trinajstić information content (AvgIpc) is 2.23. The number of likely N-dealkylation sites (N-methyl/N-ethyl adjacent to an activating group) is 1. The average molecular weight is 242 g/mol. The lowest BCUT2D eigenvalue weighted by molar-refractivity contribution is -0.139. The van der Waals surface area contributed by atoms with Crippen LogP contribution in [0.5, 0.6) is 0 Å². The van der Waals surface area contributed by atoms with Gasteiger partial charge in [-0.15, -0.1) is 0 Å². The van der Waals surface area contributed by atoms with Gasteiger partial charge >= 0.3 is 0 Å². The molecule has 0 atom stereocenters. The van der Waals surface area contributed by atoms with Gasteiger partial charge in [0.05, 0.1) is 5.54 Å². The summed E-state index contributed by atoms with van der Waals surface area (Å²) in [6.45, 7) is 14.0. The quantitative estimate of drug-likeness (QED) is 0.664. The van der Waals surface area contributed by atoms with Crippen LogP contribution in [-0.4, -0.2) is 35.5 Å². The number of rotatable bonds is 8. The molecule has 1 N–H and O–H groups in total. The second kappa shape index (κ2) is 7.70. The third-order valence-electron chi connectivity index (χ3n) is 3.04. The lowest BCUT2D eigenvalue weighted by atomic mass is 10.0. The van der Waals surface area contributed by atoms with Crippen molar-refractivity contribution < 1.29 is 4.79 Å². The summed E-state index contributed by atoms with van der Waals surface area (Å²) in [7, 11) is 0. The Kier molecular flexibility index (Phi) is 7.44. The van der Waals surface area contributed by atoms with Gasteiger partial charge in [0.15, 0.2) is 0 Å². The molecule has 0 rings (SSSR count). The first-order valence-corrected chi connectivity index (χ1v) is 6.92. The van der Waals surface area contributed by atoms with Crippen molar-refractivity contribution in [3.05, 3.63) is 0 Å². The first-order valence-electron chi connectivity index (χ1n) is 6.92. The monoisotopic (exact) mass is 242 g/mol. The molecule has 1 amide bonds.